The maximum Gasteiger partial charge on any atom is 0.237 e. The summed E-state index contributed by atoms with van der Waals surface area (Å²) in [5, 5.41) is 9.77. The Hall–Kier alpha value is -1.90. The molecule has 1 atom stereocenters. The number of piperazine rings is 1. The second-order valence-corrected chi connectivity index (χ2v) is 7.82. The highest BCUT2D eigenvalue weighted by atomic mass is 16.2. The average molecular weight is 354 g/mol. The summed E-state index contributed by atoms with van der Waals surface area (Å²) in [5.74, 6) is 0.0685. The molecule has 0 spiro atoms. The number of rotatable bonds is 4. The molecule has 1 saturated carbocycles. The number of carbonyl (C=O) groups is 1. The lowest BCUT2D eigenvalue weighted by atomic mass is 9.81. The van der Waals surface area contributed by atoms with Crippen LogP contribution in [0.5, 0.6) is 0 Å². The molecule has 1 amide bonds. The van der Waals surface area contributed by atoms with Gasteiger partial charge in [-0.2, -0.15) is 5.26 Å². The molecular formula is C21H30N4O. The molecule has 26 heavy (non-hydrogen) atoms. The summed E-state index contributed by atoms with van der Waals surface area (Å²) in [7, 11) is 3.96. The van der Waals surface area contributed by atoms with Gasteiger partial charge in [-0.25, -0.2) is 0 Å². The molecule has 0 unspecified atom stereocenters. The van der Waals surface area contributed by atoms with Gasteiger partial charge in [0.2, 0.25) is 5.91 Å². The van der Waals surface area contributed by atoms with Crippen LogP contribution in [0, 0.1) is 11.3 Å². The van der Waals surface area contributed by atoms with Gasteiger partial charge in [-0.15, -0.1) is 0 Å². The van der Waals surface area contributed by atoms with Gasteiger partial charge in [-0.05, 0) is 25.5 Å². The predicted octanol–water partition coefficient (Wildman–Crippen LogP) is 2.66. The summed E-state index contributed by atoms with van der Waals surface area (Å²) in [6.07, 6.45) is 4.84. The summed E-state index contributed by atoms with van der Waals surface area (Å²) in [5.41, 5.74) is 0.645. The second kappa shape index (κ2) is 8.20. The molecule has 2 fully saturated rings. The van der Waals surface area contributed by atoms with E-state index in [0.29, 0.717) is 6.54 Å². The summed E-state index contributed by atoms with van der Waals surface area (Å²) in [6.45, 7) is 3.14. The van der Waals surface area contributed by atoms with E-state index in [9.17, 15) is 10.1 Å². The van der Waals surface area contributed by atoms with Gasteiger partial charge < -0.3 is 9.80 Å². The lowest BCUT2D eigenvalue weighted by Crippen LogP contribution is -2.55. The fraction of sp³-hybridized carbons (Fsp3) is 0.619. The zero-order chi connectivity index (χ0) is 18.6. The number of hydrogen-bond donors (Lipinski definition) is 0. The van der Waals surface area contributed by atoms with Crippen LogP contribution < -0.4 is 0 Å². The number of amides is 1. The SMILES string of the molecule is CN1CCN(CC(=O)N(C)C2(C#N)CCCCC2)[C@@H](c2ccccc2)C1. The molecule has 1 aliphatic heterocycles. The number of benzene rings is 1. The molecule has 0 N–H and O–H groups in total. The van der Waals surface area contributed by atoms with Crippen molar-refractivity contribution in [2.24, 2.45) is 0 Å². The molecule has 0 radical (unpaired) electrons. The highest BCUT2D eigenvalue weighted by Crippen LogP contribution is 2.33. The van der Waals surface area contributed by atoms with Gasteiger partial charge in [-0.1, -0.05) is 49.6 Å². The van der Waals surface area contributed by atoms with Crippen molar-refractivity contribution < 1.29 is 4.79 Å². The highest BCUT2D eigenvalue weighted by molar-refractivity contribution is 5.79. The van der Waals surface area contributed by atoms with Crippen LogP contribution in [0.15, 0.2) is 30.3 Å². The predicted molar refractivity (Wildman–Crippen MR) is 102 cm³/mol. The van der Waals surface area contributed by atoms with E-state index in [0.717, 1.165) is 45.3 Å². The Morgan fingerprint density at radius 2 is 1.92 bits per heavy atom. The van der Waals surface area contributed by atoms with Gasteiger partial charge in [0.25, 0.3) is 0 Å². The Kier molecular flexibility index (Phi) is 5.95. The lowest BCUT2D eigenvalue weighted by Gasteiger charge is -2.43. The van der Waals surface area contributed by atoms with Crippen LogP contribution in [-0.2, 0) is 4.79 Å². The molecule has 1 aromatic rings. The Labute approximate surface area is 157 Å². The van der Waals surface area contributed by atoms with Crippen molar-refractivity contribution in [1.29, 1.82) is 5.26 Å². The minimum Gasteiger partial charge on any atom is -0.326 e. The topological polar surface area (TPSA) is 50.6 Å². The van der Waals surface area contributed by atoms with Crippen molar-refractivity contribution >= 4 is 5.91 Å². The molecule has 2 aliphatic rings. The molecule has 140 valence electrons. The first-order valence-electron chi connectivity index (χ1n) is 9.71. The third-order valence-electron chi connectivity index (χ3n) is 6.12. The first-order valence-corrected chi connectivity index (χ1v) is 9.71. The minimum absolute atomic E-state index is 0.0685. The summed E-state index contributed by atoms with van der Waals surface area (Å²) < 4.78 is 0. The van der Waals surface area contributed by atoms with E-state index in [2.05, 4.69) is 47.2 Å². The van der Waals surface area contributed by atoms with E-state index in [1.807, 2.05) is 13.1 Å². The molecule has 5 nitrogen and oxygen atoms in total. The molecule has 1 aliphatic carbocycles. The van der Waals surface area contributed by atoms with Crippen molar-refractivity contribution in [2.45, 2.75) is 43.7 Å². The zero-order valence-corrected chi connectivity index (χ0v) is 16.0. The van der Waals surface area contributed by atoms with Crippen molar-refractivity contribution in [3.63, 3.8) is 0 Å². The average Bonchev–Trinajstić information content (AvgIpc) is 2.69. The number of likely N-dealkylation sites (N-methyl/N-ethyl adjacent to an activating group) is 2. The van der Waals surface area contributed by atoms with Crippen LogP contribution in [0.1, 0.15) is 43.7 Å². The number of hydrogen-bond acceptors (Lipinski definition) is 4. The highest BCUT2D eigenvalue weighted by Gasteiger charge is 2.40. The minimum atomic E-state index is -0.607. The largest absolute Gasteiger partial charge is 0.326 e. The van der Waals surface area contributed by atoms with Gasteiger partial charge in [0.15, 0.2) is 0 Å². The van der Waals surface area contributed by atoms with Crippen molar-refractivity contribution in [2.75, 3.05) is 40.3 Å². The fourth-order valence-electron chi connectivity index (χ4n) is 4.32. The van der Waals surface area contributed by atoms with E-state index in [-0.39, 0.29) is 11.9 Å². The first kappa shape index (κ1) is 18.9. The quantitative estimate of drug-likeness (QED) is 0.834. The van der Waals surface area contributed by atoms with Crippen molar-refractivity contribution in [3.8, 4) is 6.07 Å². The fourth-order valence-corrected chi connectivity index (χ4v) is 4.32. The van der Waals surface area contributed by atoms with E-state index < -0.39 is 5.54 Å². The third kappa shape index (κ3) is 3.92. The van der Waals surface area contributed by atoms with Gasteiger partial charge in [0.1, 0.15) is 5.54 Å². The Bertz CT molecular complexity index is 648. The van der Waals surface area contributed by atoms with Crippen molar-refractivity contribution in [1.82, 2.24) is 14.7 Å². The molecule has 1 saturated heterocycles. The van der Waals surface area contributed by atoms with Crippen LogP contribution in [0.25, 0.3) is 0 Å². The lowest BCUT2D eigenvalue weighted by molar-refractivity contribution is -0.137. The smallest absolute Gasteiger partial charge is 0.237 e. The number of nitriles is 1. The van der Waals surface area contributed by atoms with Crippen LogP contribution in [0.2, 0.25) is 0 Å². The van der Waals surface area contributed by atoms with E-state index >= 15 is 0 Å². The molecule has 0 bridgehead atoms. The van der Waals surface area contributed by atoms with Crippen LogP contribution in [0.3, 0.4) is 0 Å². The standard InChI is InChI=1S/C21H30N4O/c1-23-13-14-25(19(15-23)18-9-5-3-6-10-18)16-20(26)24(2)21(17-22)11-7-4-8-12-21/h3,5-6,9-10,19H,4,7-8,11-16H2,1-2H3/t19-/m1/s1. The maximum atomic E-state index is 13.1. The van der Waals surface area contributed by atoms with Gasteiger partial charge in [0.05, 0.1) is 12.6 Å². The zero-order valence-electron chi connectivity index (χ0n) is 16.0. The van der Waals surface area contributed by atoms with Crippen molar-refractivity contribution in [3.05, 3.63) is 35.9 Å². The van der Waals surface area contributed by atoms with E-state index in [1.165, 1.54) is 12.0 Å². The Balaban J connectivity index is 1.73. The maximum absolute atomic E-state index is 13.1. The molecular weight excluding hydrogens is 324 g/mol. The van der Waals surface area contributed by atoms with Crippen LogP contribution in [-0.4, -0.2) is 66.4 Å². The molecule has 1 heterocycles. The molecule has 3 rings (SSSR count). The van der Waals surface area contributed by atoms with Gasteiger partial charge in [-0.3, -0.25) is 9.69 Å². The summed E-state index contributed by atoms with van der Waals surface area (Å²) in [6, 6.07) is 13.1. The number of carbonyl (C=O) groups excluding carboxylic acids is 1. The van der Waals surface area contributed by atoms with E-state index in [1.54, 1.807) is 4.90 Å². The molecule has 0 aromatic heterocycles. The van der Waals surface area contributed by atoms with E-state index in [4.69, 9.17) is 0 Å². The van der Waals surface area contributed by atoms with Gasteiger partial charge in [0, 0.05) is 32.7 Å². The van der Waals surface area contributed by atoms with Crippen LogP contribution in [0.4, 0.5) is 0 Å². The Morgan fingerprint density at radius 1 is 1.23 bits per heavy atom. The summed E-state index contributed by atoms with van der Waals surface area (Å²) >= 11 is 0. The number of nitrogens with zero attached hydrogens (tertiary/aromatic N) is 4. The normalized spacial score (nSPS) is 24.0. The Morgan fingerprint density at radius 3 is 2.58 bits per heavy atom. The molecule has 1 aromatic carbocycles. The van der Waals surface area contributed by atoms with Crippen LogP contribution >= 0.6 is 0 Å². The van der Waals surface area contributed by atoms with Gasteiger partial charge >= 0.3 is 0 Å². The third-order valence-corrected chi connectivity index (χ3v) is 6.12. The summed E-state index contributed by atoms with van der Waals surface area (Å²) in [4.78, 5) is 19.4. The second-order valence-electron chi connectivity index (χ2n) is 7.82. The monoisotopic (exact) mass is 354 g/mol. The first-order chi connectivity index (χ1) is 12.6. The molecule has 5 heteroatoms.